The fourth-order valence-corrected chi connectivity index (χ4v) is 4.01. The fraction of sp³-hybridized carbons (Fsp3) is 0.650. The quantitative estimate of drug-likeness (QED) is 0.787. The smallest absolute Gasteiger partial charge is 0.231 e. The second kappa shape index (κ2) is 10.3. The van der Waals surface area contributed by atoms with Gasteiger partial charge in [-0.25, -0.2) is 0 Å². The first-order valence-corrected chi connectivity index (χ1v) is 9.34. The Balaban J connectivity index is 0.00000243. The van der Waals surface area contributed by atoms with Crippen molar-refractivity contribution in [1.29, 1.82) is 0 Å². The number of ether oxygens (including phenoxy) is 2. The molecule has 0 radical (unpaired) electrons. The van der Waals surface area contributed by atoms with Crippen LogP contribution in [0, 0.1) is 11.3 Å². The SMILES string of the molecule is COCC1(C(=O)N2CCC(COCc3ccccc3)C2)CCNCC1.Cl. The molecule has 0 spiro atoms. The van der Waals surface area contributed by atoms with Crippen LogP contribution < -0.4 is 5.32 Å². The predicted molar refractivity (Wildman–Crippen MR) is 104 cm³/mol. The zero-order chi connectivity index (χ0) is 17.5. The van der Waals surface area contributed by atoms with E-state index in [1.54, 1.807) is 7.11 Å². The summed E-state index contributed by atoms with van der Waals surface area (Å²) >= 11 is 0. The summed E-state index contributed by atoms with van der Waals surface area (Å²) < 4.78 is 11.3. The molecule has 1 amide bonds. The van der Waals surface area contributed by atoms with E-state index in [1.165, 1.54) is 5.56 Å². The topological polar surface area (TPSA) is 50.8 Å². The third kappa shape index (κ3) is 5.19. The van der Waals surface area contributed by atoms with Crippen LogP contribution in [-0.2, 0) is 20.9 Å². The van der Waals surface area contributed by atoms with E-state index in [4.69, 9.17) is 9.47 Å². The number of hydrogen-bond acceptors (Lipinski definition) is 4. The maximum atomic E-state index is 13.1. The fourth-order valence-electron chi connectivity index (χ4n) is 4.01. The number of hydrogen-bond donors (Lipinski definition) is 1. The second-order valence-electron chi connectivity index (χ2n) is 7.37. The predicted octanol–water partition coefficient (Wildman–Crippen LogP) is 2.49. The van der Waals surface area contributed by atoms with Crippen molar-refractivity contribution in [2.45, 2.75) is 25.9 Å². The van der Waals surface area contributed by atoms with Gasteiger partial charge < -0.3 is 19.7 Å². The number of likely N-dealkylation sites (tertiary alicyclic amines) is 1. The maximum Gasteiger partial charge on any atom is 0.231 e. The van der Waals surface area contributed by atoms with Crippen LogP contribution in [0.5, 0.6) is 0 Å². The minimum absolute atomic E-state index is 0. The molecule has 2 saturated heterocycles. The van der Waals surface area contributed by atoms with Gasteiger partial charge in [-0.3, -0.25) is 4.79 Å². The van der Waals surface area contributed by atoms with E-state index in [-0.39, 0.29) is 23.7 Å². The summed E-state index contributed by atoms with van der Waals surface area (Å²) in [5.41, 5.74) is 0.863. The average Bonchev–Trinajstić information content (AvgIpc) is 3.12. The van der Waals surface area contributed by atoms with Gasteiger partial charge in [0.1, 0.15) is 0 Å². The lowest BCUT2D eigenvalue weighted by Gasteiger charge is -2.38. The summed E-state index contributed by atoms with van der Waals surface area (Å²) in [5.74, 6) is 0.718. The van der Waals surface area contributed by atoms with Gasteiger partial charge in [-0.2, -0.15) is 0 Å². The zero-order valence-corrected chi connectivity index (χ0v) is 16.4. The van der Waals surface area contributed by atoms with Crippen LogP contribution in [0.1, 0.15) is 24.8 Å². The third-order valence-electron chi connectivity index (χ3n) is 5.47. The maximum absolute atomic E-state index is 13.1. The molecule has 6 heteroatoms. The van der Waals surface area contributed by atoms with Gasteiger partial charge in [-0.1, -0.05) is 30.3 Å². The van der Waals surface area contributed by atoms with E-state index >= 15 is 0 Å². The van der Waals surface area contributed by atoms with Gasteiger partial charge in [0.2, 0.25) is 5.91 Å². The summed E-state index contributed by atoms with van der Waals surface area (Å²) in [5, 5.41) is 3.35. The average molecular weight is 383 g/mol. The van der Waals surface area contributed by atoms with Crippen LogP contribution in [0.15, 0.2) is 30.3 Å². The van der Waals surface area contributed by atoms with Crippen molar-refractivity contribution in [3.8, 4) is 0 Å². The lowest BCUT2D eigenvalue weighted by atomic mass is 9.78. The van der Waals surface area contributed by atoms with Crippen molar-refractivity contribution < 1.29 is 14.3 Å². The van der Waals surface area contributed by atoms with Gasteiger partial charge in [0, 0.05) is 26.1 Å². The van der Waals surface area contributed by atoms with Gasteiger partial charge in [0.05, 0.1) is 25.2 Å². The standard InChI is InChI=1S/C20H30N2O3.ClH/c1-24-16-20(8-10-21-11-9-20)19(23)22-12-7-18(13-22)15-25-14-17-5-3-2-4-6-17;/h2-6,18,21H,7-16H2,1H3;1H. The summed E-state index contributed by atoms with van der Waals surface area (Å²) in [6.07, 6.45) is 2.76. The molecule has 2 aliphatic heterocycles. The van der Waals surface area contributed by atoms with Gasteiger partial charge in [-0.05, 0) is 37.9 Å². The van der Waals surface area contributed by atoms with E-state index in [9.17, 15) is 4.79 Å². The Morgan fingerprint density at radius 2 is 2.00 bits per heavy atom. The first-order valence-electron chi connectivity index (χ1n) is 9.34. The molecule has 1 unspecified atom stereocenters. The Morgan fingerprint density at radius 3 is 2.69 bits per heavy atom. The Kier molecular flexibility index (Phi) is 8.35. The Hall–Kier alpha value is -1.14. The molecule has 2 heterocycles. The first-order chi connectivity index (χ1) is 12.2. The summed E-state index contributed by atoms with van der Waals surface area (Å²) in [7, 11) is 1.70. The van der Waals surface area contributed by atoms with Crippen molar-refractivity contribution in [3.63, 3.8) is 0 Å². The summed E-state index contributed by atoms with van der Waals surface area (Å²) in [4.78, 5) is 15.2. The highest BCUT2D eigenvalue weighted by Crippen LogP contribution is 2.33. The van der Waals surface area contributed by atoms with Crippen molar-refractivity contribution in [3.05, 3.63) is 35.9 Å². The van der Waals surface area contributed by atoms with Crippen LogP contribution >= 0.6 is 12.4 Å². The number of piperidine rings is 1. The molecule has 2 fully saturated rings. The van der Waals surface area contributed by atoms with E-state index < -0.39 is 0 Å². The highest BCUT2D eigenvalue weighted by atomic mass is 35.5. The molecule has 0 aliphatic carbocycles. The number of methoxy groups -OCH3 is 1. The van der Waals surface area contributed by atoms with E-state index in [1.807, 2.05) is 23.1 Å². The number of nitrogens with one attached hydrogen (secondary N) is 1. The molecule has 1 N–H and O–H groups in total. The van der Waals surface area contributed by atoms with E-state index in [0.717, 1.165) is 52.0 Å². The van der Waals surface area contributed by atoms with Gasteiger partial charge >= 0.3 is 0 Å². The van der Waals surface area contributed by atoms with Crippen molar-refractivity contribution in [2.24, 2.45) is 11.3 Å². The molecule has 5 nitrogen and oxygen atoms in total. The normalized spacial score (nSPS) is 22.0. The number of nitrogens with zero attached hydrogens (tertiary/aromatic N) is 1. The number of rotatable bonds is 7. The largest absolute Gasteiger partial charge is 0.384 e. The monoisotopic (exact) mass is 382 g/mol. The van der Waals surface area contributed by atoms with Crippen LogP contribution in [0.2, 0.25) is 0 Å². The molecular weight excluding hydrogens is 352 g/mol. The summed E-state index contributed by atoms with van der Waals surface area (Å²) in [6, 6.07) is 10.2. The lowest BCUT2D eigenvalue weighted by Crippen LogP contribution is -2.51. The molecule has 0 saturated carbocycles. The van der Waals surface area contributed by atoms with Crippen LogP contribution in [-0.4, -0.2) is 57.3 Å². The van der Waals surface area contributed by atoms with Crippen LogP contribution in [0.3, 0.4) is 0 Å². The molecule has 1 aromatic rings. The number of carbonyl (C=O) groups excluding carboxylic acids is 1. The van der Waals surface area contributed by atoms with E-state index in [2.05, 4.69) is 17.4 Å². The first kappa shape index (κ1) is 21.2. The van der Waals surface area contributed by atoms with Crippen molar-refractivity contribution in [1.82, 2.24) is 10.2 Å². The minimum Gasteiger partial charge on any atom is -0.384 e. The molecule has 1 atom stereocenters. The molecule has 2 aliphatic rings. The van der Waals surface area contributed by atoms with Crippen molar-refractivity contribution in [2.75, 3.05) is 46.5 Å². The molecule has 1 aromatic carbocycles. The van der Waals surface area contributed by atoms with Crippen LogP contribution in [0.25, 0.3) is 0 Å². The van der Waals surface area contributed by atoms with Crippen molar-refractivity contribution >= 4 is 18.3 Å². The van der Waals surface area contributed by atoms with Crippen LogP contribution in [0.4, 0.5) is 0 Å². The highest BCUT2D eigenvalue weighted by Gasteiger charge is 2.43. The zero-order valence-electron chi connectivity index (χ0n) is 15.6. The third-order valence-corrected chi connectivity index (χ3v) is 5.47. The second-order valence-corrected chi connectivity index (χ2v) is 7.37. The number of carbonyl (C=O) groups is 1. The van der Waals surface area contributed by atoms with Gasteiger partial charge in [0.25, 0.3) is 0 Å². The number of amides is 1. The van der Waals surface area contributed by atoms with E-state index in [0.29, 0.717) is 19.1 Å². The molecule has 26 heavy (non-hydrogen) atoms. The molecule has 146 valence electrons. The van der Waals surface area contributed by atoms with Gasteiger partial charge in [0.15, 0.2) is 0 Å². The Morgan fingerprint density at radius 1 is 1.27 bits per heavy atom. The Labute approximate surface area is 162 Å². The molecular formula is C20H31ClN2O3. The van der Waals surface area contributed by atoms with Gasteiger partial charge in [-0.15, -0.1) is 12.4 Å². The number of benzene rings is 1. The highest BCUT2D eigenvalue weighted by molar-refractivity contribution is 5.85. The molecule has 0 aromatic heterocycles. The minimum atomic E-state index is -0.334. The Bertz CT molecular complexity index is 544. The molecule has 0 bridgehead atoms. The number of halogens is 1. The lowest BCUT2D eigenvalue weighted by molar-refractivity contribution is -0.146. The molecule has 3 rings (SSSR count). The summed E-state index contributed by atoms with van der Waals surface area (Å²) in [6.45, 7) is 5.34.